The molecule has 5 heteroatoms. The predicted octanol–water partition coefficient (Wildman–Crippen LogP) is 4.51. The second-order valence-electron chi connectivity index (χ2n) is 4.64. The number of benzene rings is 2. The first kappa shape index (κ1) is 17.1. The van der Waals surface area contributed by atoms with Crippen LogP contribution in [0.2, 0.25) is 0 Å². The third kappa shape index (κ3) is 4.86. The molecule has 2 aromatic carbocycles. The Labute approximate surface area is 144 Å². The monoisotopic (exact) mass is 375 g/mol. The van der Waals surface area contributed by atoms with Gasteiger partial charge in [0.2, 0.25) is 5.91 Å². The molecule has 23 heavy (non-hydrogen) atoms. The Bertz CT molecular complexity index is 713. The molecule has 0 saturated carbocycles. The summed E-state index contributed by atoms with van der Waals surface area (Å²) in [6, 6.07) is 12.9. The van der Waals surface area contributed by atoms with Crippen molar-refractivity contribution < 1.29 is 14.3 Å². The number of hydrogen-bond acceptors (Lipinski definition) is 3. The third-order valence-corrected chi connectivity index (χ3v) is 3.54. The zero-order valence-electron chi connectivity index (χ0n) is 13.0. The van der Waals surface area contributed by atoms with E-state index in [1.54, 1.807) is 25.3 Å². The van der Waals surface area contributed by atoms with Gasteiger partial charge in [-0.05, 0) is 43.3 Å². The van der Waals surface area contributed by atoms with Crippen molar-refractivity contribution in [2.45, 2.75) is 6.92 Å². The van der Waals surface area contributed by atoms with E-state index in [1.807, 2.05) is 37.3 Å². The number of hydrogen-bond donors (Lipinski definition) is 1. The van der Waals surface area contributed by atoms with E-state index in [2.05, 4.69) is 21.2 Å². The second kappa shape index (κ2) is 8.39. The molecule has 0 aliphatic carbocycles. The molecule has 0 heterocycles. The highest BCUT2D eigenvalue weighted by atomic mass is 79.9. The quantitative estimate of drug-likeness (QED) is 0.755. The Morgan fingerprint density at radius 2 is 2.00 bits per heavy atom. The average molecular weight is 376 g/mol. The number of halogens is 1. The number of amides is 1. The Morgan fingerprint density at radius 3 is 2.74 bits per heavy atom. The van der Waals surface area contributed by atoms with Crippen molar-refractivity contribution >= 4 is 33.6 Å². The smallest absolute Gasteiger partial charge is 0.248 e. The molecule has 0 saturated heterocycles. The lowest BCUT2D eigenvalue weighted by Gasteiger charge is -2.09. The fourth-order valence-corrected chi connectivity index (χ4v) is 2.40. The Kier molecular flexibility index (Phi) is 6.23. The Morgan fingerprint density at radius 1 is 1.22 bits per heavy atom. The summed E-state index contributed by atoms with van der Waals surface area (Å²) < 4.78 is 11.7. The number of carbonyl (C=O) groups excluding carboxylic acids is 1. The molecule has 0 bridgehead atoms. The fraction of sp³-hybridized carbons (Fsp3) is 0.167. The first-order chi connectivity index (χ1) is 11.1. The summed E-state index contributed by atoms with van der Waals surface area (Å²) in [5.74, 6) is 1.11. The topological polar surface area (TPSA) is 47.6 Å². The van der Waals surface area contributed by atoms with Gasteiger partial charge in [-0.1, -0.05) is 28.1 Å². The number of anilines is 1. The maximum Gasteiger partial charge on any atom is 0.248 e. The Hall–Kier alpha value is -2.27. The van der Waals surface area contributed by atoms with Gasteiger partial charge in [0, 0.05) is 16.1 Å². The minimum absolute atomic E-state index is 0.239. The van der Waals surface area contributed by atoms with E-state index < -0.39 is 0 Å². The van der Waals surface area contributed by atoms with Crippen LogP contribution in [0, 0.1) is 0 Å². The van der Waals surface area contributed by atoms with Crippen molar-refractivity contribution in [1.29, 1.82) is 0 Å². The summed E-state index contributed by atoms with van der Waals surface area (Å²) >= 11 is 3.42. The van der Waals surface area contributed by atoms with Crippen LogP contribution in [-0.2, 0) is 4.79 Å². The zero-order chi connectivity index (χ0) is 16.7. The van der Waals surface area contributed by atoms with Crippen LogP contribution in [0.5, 0.6) is 11.5 Å². The molecular weight excluding hydrogens is 358 g/mol. The first-order valence-electron chi connectivity index (χ1n) is 7.18. The highest BCUT2D eigenvalue weighted by Crippen LogP contribution is 2.25. The molecule has 2 rings (SSSR count). The summed E-state index contributed by atoms with van der Waals surface area (Å²) in [5, 5.41) is 2.79. The van der Waals surface area contributed by atoms with E-state index in [0.717, 1.165) is 15.8 Å². The number of para-hydroxylation sites is 2. The molecule has 0 aliphatic rings. The van der Waals surface area contributed by atoms with Gasteiger partial charge in [0.1, 0.15) is 11.5 Å². The van der Waals surface area contributed by atoms with Crippen LogP contribution >= 0.6 is 15.9 Å². The summed E-state index contributed by atoms with van der Waals surface area (Å²) in [5.41, 5.74) is 1.46. The van der Waals surface area contributed by atoms with Gasteiger partial charge in [0.15, 0.2) is 0 Å². The number of rotatable bonds is 6. The molecule has 0 spiro atoms. The molecular formula is C18H18BrNO3. The maximum absolute atomic E-state index is 12.1. The minimum atomic E-state index is -0.239. The average Bonchev–Trinajstić information content (AvgIpc) is 2.55. The molecule has 0 fully saturated rings. The van der Waals surface area contributed by atoms with E-state index in [1.165, 1.54) is 6.08 Å². The van der Waals surface area contributed by atoms with E-state index in [-0.39, 0.29) is 5.91 Å². The third-order valence-electron chi connectivity index (χ3n) is 3.05. The zero-order valence-corrected chi connectivity index (χ0v) is 14.6. The van der Waals surface area contributed by atoms with E-state index in [4.69, 9.17) is 9.47 Å². The van der Waals surface area contributed by atoms with Gasteiger partial charge in [-0.2, -0.15) is 0 Å². The van der Waals surface area contributed by atoms with Crippen molar-refractivity contribution in [2.24, 2.45) is 0 Å². The van der Waals surface area contributed by atoms with E-state index in [0.29, 0.717) is 18.0 Å². The molecule has 0 unspecified atom stereocenters. The number of nitrogens with one attached hydrogen (secondary N) is 1. The molecule has 4 nitrogen and oxygen atoms in total. The van der Waals surface area contributed by atoms with Gasteiger partial charge in [-0.15, -0.1) is 0 Å². The SMILES string of the molecule is CCOc1ccc(Br)cc1/C=C/C(=O)Nc1ccccc1OC. The van der Waals surface area contributed by atoms with Crippen LogP contribution in [-0.4, -0.2) is 19.6 Å². The molecule has 1 N–H and O–H groups in total. The lowest BCUT2D eigenvalue weighted by atomic mass is 10.2. The minimum Gasteiger partial charge on any atom is -0.495 e. The van der Waals surface area contributed by atoms with E-state index in [9.17, 15) is 4.79 Å². The first-order valence-corrected chi connectivity index (χ1v) is 7.97. The molecule has 0 aliphatic heterocycles. The van der Waals surface area contributed by atoms with Gasteiger partial charge in [-0.25, -0.2) is 0 Å². The van der Waals surface area contributed by atoms with Gasteiger partial charge < -0.3 is 14.8 Å². The number of carbonyl (C=O) groups is 1. The summed E-state index contributed by atoms with van der Waals surface area (Å²) in [7, 11) is 1.57. The number of ether oxygens (including phenoxy) is 2. The highest BCUT2D eigenvalue weighted by Gasteiger charge is 2.05. The molecule has 0 atom stereocenters. The van der Waals surface area contributed by atoms with Crippen LogP contribution in [0.15, 0.2) is 53.0 Å². The number of methoxy groups -OCH3 is 1. The summed E-state index contributed by atoms with van der Waals surface area (Å²) in [6.07, 6.45) is 3.19. The lowest BCUT2D eigenvalue weighted by Crippen LogP contribution is -2.08. The molecule has 0 radical (unpaired) electrons. The largest absolute Gasteiger partial charge is 0.495 e. The second-order valence-corrected chi connectivity index (χ2v) is 5.55. The van der Waals surface area contributed by atoms with Crippen LogP contribution in [0.4, 0.5) is 5.69 Å². The lowest BCUT2D eigenvalue weighted by molar-refractivity contribution is -0.111. The van der Waals surface area contributed by atoms with Crippen molar-refractivity contribution in [3.63, 3.8) is 0 Å². The van der Waals surface area contributed by atoms with Crippen molar-refractivity contribution in [2.75, 3.05) is 19.0 Å². The van der Waals surface area contributed by atoms with Crippen LogP contribution < -0.4 is 14.8 Å². The molecule has 120 valence electrons. The van der Waals surface area contributed by atoms with Crippen LogP contribution in [0.25, 0.3) is 6.08 Å². The maximum atomic E-state index is 12.1. The summed E-state index contributed by atoms with van der Waals surface area (Å²) in [4.78, 5) is 12.1. The van der Waals surface area contributed by atoms with Gasteiger partial charge >= 0.3 is 0 Å². The van der Waals surface area contributed by atoms with Crippen molar-refractivity contribution in [1.82, 2.24) is 0 Å². The highest BCUT2D eigenvalue weighted by molar-refractivity contribution is 9.10. The van der Waals surface area contributed by atoms with Crippen LogP contribution in [0.3, 0.4) is 0 Å². The molecule has 0 aromatic heterocycles. The van der Waals surface area contributed by atoms with E-state index >= 15 is 0 Å². The van der Waals surface area contributed by atoms with Gasteiger partial charge in [0.25, 0.3) is 0 Å². The van der Waals surface area contributed by atoms with Gasteiger partial charge in [-0.3, -0.25) is 4.79 Å². The van der Waals surface area contributed by atoms with Crippen molar-refractivity contribution in [3.8, 4) is 11.5 Å². The van der Waals surface area contributed by atoms with Gasteiger partial charge in [0.05, 0.1) is 19.4 Å². The normalized spacial score (nSPS) is 10.6. The standard InChI is InChI=1S/C18H18BrNO3/c1-3-23-16-10-9-14(19)12-13(16)8-11-18(21)20-15-6-4-5-7-17(15)22-2/h4-12H,3H2,1-2H3,(H,20,21)/b11-8+. The molecule has 2 aromatic rings. The predicted molar refractivity (Wildman–Crippen MR) is 96.0 cm³/mol. The summed E-state index contributed by atoms with van der Waals surface area (Å²) in [6.45, 7) is 2.49. The fourth-order valence-electron chi connectivity index (χ4n) is 2.02. The van der Waals surface area contributed by atoms with Crippen LogP contribution in [0.1, 0.15) is 12.5 Å². The molecule has 1 amide bonds. The Balaban J connectivity index is 2.13. The van der Waals surface area contributed by atoms with Crippen molar-refractivity contribution in [3.05, 3.63) is 58.6 Å².